The number of hydrogen-bond donors (Lipinski definition) is 1. The SMILES string of the molecule is CCC1(CC)CNC2(CC(CF)(CF)C2)OC1. The lowest BCUT2D eigenvalue weighted by molar-refractivity contribution is -0.239. The summed E-state index contributed by atoms with van der Waals surface area (Å²) in [5, 5.41) is 3.39. The lowest BCUT2D eigenvalue weighted by atomic mass is 9.63. The summed E-state index contributed by atoms with van der Waals surface area (Å²) in [7, 11) is 0. The van der Waals surface area contributed by atoms with E-state index in [-0.39, 0.29) is 5.41 Å². The highest BCUT2D eigenvalue weighted by atomic mass is 19.1. The van der Waals surface area contributed by atoms with Crippen molar-refractivity contribution in [3.8, 4) is 0 Å². The topological polar surface area (TPSA) is 21.3 Å². The van der Waals surface area contributed by atoms with E-state index >= 15 is 0 Å². The summed E-state index contributed by atoms with van der Waals surface area (Å²) in [6, 6.07) is 0. The van der Waals surface area contributed by atoms with E-state index in [9.17, 15) is 8.78 Å². The van der Waals surface area contributed by atoms with Crippen LogP contribution >= 0.6 is 0 Å². The zero-order valence-electron chi connectivity index (χ0n) is 10.8. The van der Waals surface area contributed by atoms with Gasteiger partial charge < -0.3 is 4.74 Å². The van der Waals surface area contributed by atoms with Crippen molar-refractivity contribution in [3.05, 3.63) is 0 Å². The summed E-state index contributed by atoms with van der Waals surface area (Å²) in [4.78, 5) is 0. The summed E-state index contributed by atoms with van der Waals surface area (Å²) in [6.07, 6.45) is 3.08. The van der Waals surface area contributed by atoms with Crippen molar-refractivity contribution in [1.29, 1.82) is 0 Å². The van der Waals surface area contributed by atoms with Crippen LogP contribution in [-0.2, 0) is 4.74 Å². The average Bonchev–Trinajstić information content (AvgIpc) is 2.36. The Labute approximate surface area is 102 Å². The fourth-order valence-corrected chi connectivity index (χ4v) is 3.06. The van der Waals surface area contributed by atoms with Crippen molar-refractivity contribution in [2.24, 2.45) is 10.8 Å². The molecule has 17 heavy (non-hydrogen) atoms. The van der Waals surface area contributed by atoms with E-state index in [1.807, 2.05) is 0 Å². The Morgan fingerprint density at radius 2 is 1.65 bits per heavy atom. The first-order valence-electron chi connectivity index (χ1n) is 6.58. The molecule has 2 aliphatic rings. The van der Waals surface area contributed by atoms with Gasteiger partial charge >= 0.3 is 0 Å². The van der Waals surface area contributed by atoms with Gasteiger partial charge in [0.25, 0.3) is 0 Å². The van der Waals surface area contributed by atoms with Crippen LogP contribution in [0.15, 0.2) is 0 Å². The Morgan fingerprint density at radius 1 is 1.06 bits per heavy atom. The molecule has 1 spiro atoms. The number of hydrogen-bond acceptors (Lipinski definition) is 2. The highest BCUT2D eigenvalue weighted by Crippen LogP contribution is 2.52. The molecule has 1 N–H and O–H groups in total. The summed E-state index contributed by atoms with van der Waals surface area (Å²) in [6.45, 7) is 4.78. The van der Waals surface area contributed by atoms with Crippen LogP contribution in [-0.4, -0.2) is 32.2 Å². The van der Waals surface area contributed by atoms with E-state index in [0.717, 1.165) is 19.4 Å². The van der Waals surface area contributed by atoms with Crippen molar-refractivity contribution in [1.82, 2.24) is 5.32 Å². The zero-order valence-corrected chi connectivity index (χ0v) is 10.8. The number of alkyl halides is 2. The first-order chi connectivity index (χ1) is 8.07. The molecule has 0 bridgehead atoms. The van der Waals surface area contributed by atoms with Gasteiger partial charge in [0.2, 0.25) is 0 Å². The van der Waals surface area contributed by atoms with Gasteiger partial charge in [-0.3, -0.25) is 14.1 Å². The van der Waals surface area contributed by atoms with Crippen LogP contribution < -0.4 is 5.32 Å². The van der Waals surface area contributed by atoms with Crippen LogP contribution in [0.4, 0.5) is 8.78 Å². The Bertz CT molecular complexity index is 255. The van der Waals surface area contributed by atoms with Gasteiger partial charge in [0.15, 0.2) is 0 Å². The quantitative estimate of drug-likeness (QED) is 0.825. The van der Waals surface area contributed by atoms with Crippen LogP contribution in [0.5, 0.6) is 0 Å². The number of nitrogens with one attached hydrogen (secondary N) is 1. The lowest BCUT2D eigenvalue weighted by Gasteiger charge is -2.58. The fraction of sp³-hybridized carbons (Fsp3) is 1.00. The van der Waals surface area contributed by atoms with Crippen LogP contribution in [0, 0.1) is 10.8 Å². The highest BCUT2D eigenvalue weighted by Gasteiger charge is 2.58. The van der Waals surface area contributed by atoms with Gasteiger partial charge in [0.1, 0.15) is 5.72 Å². The maximum absolute atomic E-state index is 12.8. The van der Waals surface area contributed by atoms with Crippen LogP contribution in [0.25, 0.3) is 0 Å². The molecule has 0 aromatic carbocycles. The highest BCUT2D eigenvalue weighted by molar-refractivity contribution is 5.06. The maximum atomic E-state index is 12.8. The Kier molecular flexibility index (Phi) is 3.47. The molecule has 4 heteroatoms. The molecule has 0 atom stereocenters. The minimum atomic E-state index is -0.772. The monoisotopic (exact) mass is 247 g/mol. The smallest absolute Gasteiger partial charge is 0.120 e. The first kappa shape index (κ1) is 13.2. The Morgan fingerprint density at radius 3 is 2.00 bits per heavy atom. The van der Waals surface area contributed by atoms with Crippen molar-refractivity contribution >= 4 is 0 Å². The van der Waals surface area contributed by atoms with Gasteiger partial charge in [0, 0.05) is 30.2 Å². The number of rotatable bonds is 4. The van der Waals surface area contributed by atoms with Crippen LogP contribution in [0.2, 0.25) is 0 Å². The standard InChI is InChI=1S/C13H23F2NO/c1-3-11(4-2)9-16-13(17-10-11)5-12(6-13,7-14)8-15/h16H,3-10H2,1-2H3. The molecule has 0 radical (unpaired) electrons. The van der Waals surface area contributed by atoms with E-state index in [1.165, 1.54) is 0 Å². The molecule has 0 aromatic heterocycles. The van der Waals surface area contributed by atoms with E-state index in [2.05, 4.69) is 19.2 Å². The summed E-state index contributed by atoms with van der Waals surface area (Å²) >= 11 is 0. The molecule has 1 heterocycles. The molecular formula is C13H23F2NO. The second kappa shape index (κ2) is 4.47. The van der Waals surface area contributed by atoms with Gasteiger partial charge in [-0.1, -0.05) is 13.8 Å². The van der Waals surface area contributed by atoms with E-state index < -0.39 is 24.5 Å². The molecule has 0 unspecified atom stereocenters. The molecule has 0 aromatic rings. The van der Waals surface area contributed by atoms with Gasteiger partial charge in [0.05, 0.1) is 20.0 Å². The third-order valence-electron chi connectivity index (χ3n) is 4.83. The lowest BCUT2D eigenvalue weighted by Crippen LogP contribution is -2.68. The van der Waals surface area contributed by atoms with E-state index in [4.69, 9.17) is 4.74 Å². The van der Waals surface area contributed by atoms with Crippen LogP contribution in [0.3, 0.4) is 0 Å². The van der Waals surface area contributed by atoms with Crippen molar-refractivity contribution in [3.63, 3.8) is 0 Å². The molecule has 0 amide bonds. The van der Waals surface area contributed by atoms with Gasteiger partial charge in [-0.2, -0.15) is 0 Å². The summed E-state index contributed by atoms with van der Waals surface area (Å²) in [5.74, 6) is 0. The second-order valence-electron chi connectivity index (χ2n) is 5.96. The van der Waals surface area contributed by atoms with Gasteiger partial charge in [-0.15, -0.1) is 0 Å². The molecule has 1 aliphatic heterocycles. The molecule has 2 fully saturated rings. The third-order valence-corrected chi connectivity index (χ3v) is 4.83. The number of ether oxygens (including phenoxy) is 1. The minimum Gasteiger partial charge on any atom is -0.360 e. The molecule has 100 valence electrons. The van der Waals surface area contributed by atoms with Crippen molar-refractivity contribution in [2.75, 3.05) is 26.5 Å². The Hall–Kier alpha value is -0.220. The summed E-state index contributed by atoms with van der Waals surface area (Å²) < 4.78 is 31.5. The minimum absolute atomic E-state index is 0.203. The molecule has 1 aliphatic carbocycles. The average molecular weight is 247 g/mol. The maximum Gasteiger partial charge on any atom is 0.120 e. The first-order valence-corrected chi connectivity index (χ1v) is 6.58. The van der Waals surface area contributed by atoms with Crippen molar-refractivity contribution < 1.29 is 13.5 Å². The molecule has 1 saturated heterocycles. The second-order valence-corrected chi connectivity index (χ2v) is 5.96. The summed E-state index contributed by atoms with van der Waals surface area (Å²) in [5.41, 5.74) is -1.01. The van der Waals surface area contributed by atoms with Gasteiger partial charge in [-0.05, 0) is 12.8 Å². The molecule has 1 saturated carbocycles. The fourth-order valence-electron chi connectivity index (χ4n) is 3.06. The van der Waals surface area contributed by atoms with E-state index in [0.29, 0.717) is 19.4 Å². The number of halogens is 2. The van der Waals surface area contributed by atoms with E-state index in [1.54, 1.807) is 0 Å². The molecular weight excluding hydrogens is 224 g/mol. The normalized spacial score (nSPS) is 28.9. The zero-order chi connectivity index (χ0) is 12.6. The molecule has 2 rings (SSSR count). The largest absolute Gasteiger partial charge is 0.360 e. The predicted octanol–water partition coefficient (Wildman–Crippen LogP) is 2.83. The predicted molar refractivity (Wildman–Crippen MR) is 63.3 cm³/mol. The Balaban J connectivity index is 1.93. The van der Waals surface area contributed by atoms with Crippen molar-refractivity contribution in [2.45, 2.75) is 45.3 Å². The van der Waals surface area contributed by atoms with Gasteiger partial charge in [-0.25, -0.2) is 0 Å². The van der Waals surface area contributed by atoms with Crippen LogP contribution in [0.1, 0.15) is 39.5 Å². The third kappa shape index (κ3) is 2.10. The molecule has 2 nitrogen and oxygen atoms in total.